The second kappa shape index (κ2) is 56.5. The molecular weight excluding hydrogens is 1980 g/mol. The van der Waals surface area contributed by atoms with Crippen molar-refractivity contribution in [2.75, 3.05) is 99.9 Å². The number of hydrogen-bond donors (Lipinski definition) is 40. The first kappa shape index (κ1) is 124. The van der Waals surface area contributed by atoms with Crippen LogP contribution in [0.3, 0.4) is 0 Å². The van der Waals surface area contributed by atoms with Gasteiger partial charge < -0.3 is 300 Å². The van der Waals surface area contributed by atoms with Crippen molar-refractivity contribution in [3.8, 4) is 0 Å². The van der Waals surface area contributed by atoms with Crippen LogP contribution in [0, 0.1) is 0 Å². The van der Waals surface area contributed by atoms with Crippen LogP contribution in [0.4, 0.5) is 8.78 Å². The Balaban J connectivity index is 0.000000226. The minimum absolute atomic E-state index is 0.0135. The molecule has 12 rings (SSSR count). The molecule has 147 heavy (non-hydrogen) atoms. The van der Waals surface area contributed by atoms with Gasteiger partial charge in [0.1, 0.15) is 194 Å². The molecule has 0 aromatic heterocycles. The molecule has 61 nitrogen and oxygen atoms in total. The Morgan fingerprint density at radius 2 is 0.633 bits per heavy atom. The first-order chi connectivity index (χ1) is 69.7. The van der Waals surface area contributed by atoms with Gasteiger partial charge in [-0.15, -0.1) is 0 Å². The van der Waals surface area contributed by atoms with Crippen molar-refractivity contribution in [1.29, 1.82) is 0 Å². The zero-order valence-electron chi connectivity index (χ0n) is 81.2. The molecule has 0 unspecified atom stereocenters. The van der Waals surface area contributed by atoms with Crippen LogP contribution in [0.1, 0.15) is 44.9 Å². The molecule has 55 N–H and O–H groups in total. The van der Waals surface area contributed by atoms with Gasteiger partial charge in [-0.2, -0.15) is 0 Å². The van der Waals surface area contributed by atoms with Crippen molar-refractivity contribution in [3.63, 3.8) is 0 Å². The van der Waals surface area contributed by atoms with Crippen LogP contribution in [0.25, 0.3) is 0 Å². The highest BCUT2D eigenvalue weighted by Gasteiger charge is 2.61. The molecule has 0 spiro atoms. The Hall–Kier alpha value is -5.19. The summed E-state index contributed by atoms with van der Waals surface area (Å²) in [5, 5.41) is 217. The Bertz CT molecular complexity index is 4100. The number of carbonyl (C=O) groups excluding carboxylic acids is 3. The molecule has 9 fully saturated rings. The zero-order chi connectivity index (χ0) is 109. The normalized spacial score (nSPS) is 43.8. The largest absolute Gasteiger partial charge is 0.467 e. The molecule has 9 heterocycles. The predicted octanol–water partition coefficient (Wildman–Crippen LogP) is -23.5. The van der Waals surface area contributed by atoms with Gasteiger partial charge in [-0.3, -0.25) is 14.4 Å². The lowest BCUT2D eigenvalue weighted by molar-refractivity contribution is -0.282. The maximum atomic E-state index is 14.0. The third-order valence-electron chi connectivity index (χ3n) is 27.3. The monoisotopic (exact) mass is 2140 g/mol. The molecule has 3 aliphatic carbocycles. The van der Waals surface area contributed by atoms with E-state index in [0.717, 1.165) is 0 Å². The van der Waals surface area contributed by atoms with Gasteiger partial charge in [0.25, 0.3) is 17.7 Å². The second-order valence-corrected chi connectivity index (χ2v) is 38.1. The summed E-state index contributed by atoms with van der Waals surface area (Å²) in [4.78, 5) is 38.0. The number of rotatable bonds is 42. The van der Waals surface area contributed by atoms with E-state index in [0.29, 0.717) is 56.2 Å². The van der Waals surface area contributed by atoms with Gasteiger partial charge in [0, 0.05) is 44.3 Å². The molecule has 3 amide bonds. The van der Waals surface area contributed by atoms with Crippen LogP contribution in [0.5, 0.6) is 0 Å². The highest BCUT2D eigenvalue weighted by atomic mass is 19.3. The second-order valence-electron chi connectivity index (χ2n) is 38.1. The van der Waals surface area contributed by atoms with E-state index >= 15 is 0 Å². The van der Waals surface area contributed by atoms with Crippen LogP contribution in [0.2, 0.25) is 0 Å². The molecule has 0 radical (unpaired) electrons. The molecular formula is C84H157F2N21O40. The number of aliphatic hydroxyl groups excluding tert-OH is 19. The first-order valence-electron chi connectivity index (χ1n) is 48.5. The molecule has 3 saturated carbocycles. The van der Waals surface area contributed by atoms with E-state index in [4.69, 9.17) is 171 Å². The molecule has 0 bridgehead atoms. The fourth-order valence-electron chi connectivity index (χ4n) is 18.7. The summed E-state index contributed by atoms with van der Waals surface area (Å²) in [6.07, 6.45) is -51.8. The Morgan fingerprint density at radius 3 is 0.898 bits per heavy atom. The van der Waals surface area contributed by atoms with Crippen molar-refractivity contribution in [1.82, 2.24) is 31.9 Å². The topological polar surface area (TPSA) is 1060 Å². The van der Waals surface area contributed by atoms with E-state index in [-0.39, 0.29) is 51.9 Å². The molecule has 63 heteroatoms. The van der Waals surface area contributed by atoms with E-state index in [1.807, 2.05) is 6.08 Å². The number of amides is 3. The summed E-state index contributed by atoms with van der Waals surface area (Å²) in [6.45, 7) is -3.27. The van der Waals surface area contributed by atoms with Crippen LogP contribution >= 0.6 is 0 Å². The Kier molecular flexibility index (Phi) is 47.5. The molecule has 9 aliphatic heterocycles. The quantitative estimate of drug-likeness (QED) is 0.0270. The number of aliphatic hydroxyl groups is 19. The minimum atomic E-state index is -3.99. The van der Waals surface area contributed by atoms with Crippen molar-refractivity contribution in [3.05, 3.63) is 35.5 Å². The number of ether oxygens (including phenoxy) is 18. The smallest absolute Gasteiger partial charge is 0.294 e. The average Bonchev–Trinajstić information content (AvgIpc) is 1.31. The number of hydrogen-bond acceptors (Lipinski definition) is 58. The van der Waals surface area contributed by atoms with Crippen molar-refractivity contribution < 1.29 is 205 Å². The molecule has 6 saturated heterocycles. The van der Waals surface area contributed by atoms with E-state index in [9.17, 15) is 120 Å². The maximum Gasteiger partial charge on any atom is 0.294 e. The number of likely N-dealkylation sites (N-methyl/N-ethyl adjacent to an activating group) is 3. The van der Waals surface area contributed by atoms with E-state index < -0.39 is 375 Å². The van der Waals surface area contributed by atoms with Gasteiger partial charge in [0.2, 0.25) is 24.8 Å². The lowest BCUT2D eigenvalue weighted by Crippen LogP contribution is -2.67. The average molecular weight is 2140 g/mol. The fraction of sp³-hybridized carbons (Fsp3) is 0.893. The van der Waals surface area contributed by atoms with Gasteiger partial charge in [-0.25, -0.2) is 8.78 Å². The lowest BCUT2D eigenvalue weighted by Gasteiger charge is -2.46. The molecule has 0 aromatic carbocycles. The summed E-state index contributed by atoms with van der Waals surface area (Å²) < 4.78 is 134. The van der Waals surface area contributed by atoms with Gasteiger partial charge in [-0.05, 0) is 90.9 Å². The summed E-state index contributed by atoms with van der Waals surface area (Å²) in [7, 11) is 5.16. The molecule has 12 aliphatic rings. The van der Waals surface area contributed by atoms with Crippen LogP contribution in [-0.2, 0) is 99.6 Å². The van der Waals surface area contributed by atoms with Gasteiger partial charge >= 0.3 is 0 Å². The Labute approximate surface area is 842 Å². The fourth-order valence-corrected chi connectivity index (χ4v) is 18.7. The van der Waals surface area contributed by atoms with E-state index in [1.54, 1.807) is 33.3 Å². The zero-order valence-corrected chi connectivity index (χ0v) is 81.2. The van der Waals surface area contributed by atoms with Crippen LogP contribution < -0.4 is 118 Å². The van der Waals surface area contributed by atoms with Crippen molar-refractivity contribution in [2.45, 2.75) is 369 Å². The number of nitrogens with one attached hydrogen (secondary N) is 6. The molecule has 52 atom stereocenters. The van der Waals surface area contributed by atoms with Crippen LogP contribution in [-0.4, -0.2) is 539 Å². The number of nitrogens with two attached hydrogens (primary N) is 15. The van der Waals surface area contributed by atoms with Gasteiger partial charge in [0.05, 0.1) is 100 Å². The lowest BCUT2D eigenvalue weighted by atomic mass is 9.83. The van der Waals surface area contributed by atoms with Gasteiger partial charge in [-0.1, -0.05) is 0 Å². The van der Waals surface area contributed by atoms with Crippen LogP contribution in [0.15, 0.2) is 35.5 Å². The summed E-state index contributed by atoms with van der Waals surface area (Å²) in [5.74, 6) is -5.74. The molecule has 852 valence electrons. The van der Waals surface area contributed by atoms with E-state index in [1.165, 1.54) is 0 Å². The SMILES string of the molecule is CNCC1=CC[C@@H](N)[C@@H](O[C@H]2[C@H](O[C@@H]3O[C@H](CO)[C@@H](O[C@H]4O[C@@H](CN)[C@@H](O)[C@H](O)[C@H]4N)[C@H]3O)[C@@H](O)[C@H](NC(=O)[C@@H](O)C(F)(F)CN)C[C@@H]2N)O1.CNCC1=CC[C@@H](N)[C@@H](O[C@H]2[C@H](O[C@@H]3O[C@H](CO)[C@@H](O[C@H]4O[C@@H](CN)[C@@H](O)[C@H](O)[C@H]4N)[C@H]3O)[C@@H](O)[C@H](NC(=O)[C@@H](O)CCN)C[C@@H]2N)O1.CNCC1=CC[C@@H](N)[C@@H](O[C@H]2[C@H](O[C@@H]3O[C@H](CO)[C@@H](O[C@H]4O[C@@H](CN)[C@@H](O)[C@H](O)[C@H]4N)[C@H]3O)[C@@H](O)[C@H](NC(=O)[C@@H](O)[C@@H](O)CN)C[C@@H]2N)O1. The maximum absolute atomic E-state index is 14.0. The third kappa shape index (κ3) is 30.0. The standard InChI is InChI=1S/C28H51F2N7O13.C28H53N7O14.C28H53N7O13/c1-36-6-9-2-3-10(33)25(45-9)48-20-11(34)4-12(37-24(44)23(43)28(29,30)8-32)16(39)22(20)50-27-19(42)21(14(7-38)47-27)49-26-15(35)18(41)17(40)13(5-31)46-26;1-34-7-9-2-3-10(31)26(44-9)47-22-11(32)4-12(35-25(43)18(39)13(37)5-29)17(38)24(22)49-28-21(42)23(15(8-36)46-28)48-27-16(33)20(41)19(40)14(6-30)45-27;1-34-8-10-2-3-11(31)26(43-10)46-22-12(32)6-13(35-25(42)14(37)4-5-29)18(38)24(22)48-28-21(41)23(16(9-36)45-28)47-27-17(33)20(40)19(39)15(7-30)44-27/h2,10-23,25-27,36,38-43H,3-8,31-35H2,1H3,(H,37,44);2,10-24,26-28,34,36-42H,3-8,29-33H2,1H3,(H,35,43);2,11-24,26-28,34,36-41H,3-9,29-33H2,1H3,(H,35,42)/t10-,11+,12-,13+,14-,15-,16+,17-,18-,19-,20-,21-,22-,23-,25-,26-,27+;10-,11+,12-,13+,14+,15-,16-,17+,18+,19-,20-,21-,22-,23-,24-,26-,27-,28+;11-,12+,13-,14+,15+,16-,17-,18+,19-,20-,21-,22-,23-,24-,26-,27-,28+/m111/s1. The number of carbonyl (C=O) groups is 3. The van der Waals surface area contributed by atoms with Gasteiger partial charge in [0.15, 0.2) is 49.9 Å². The summed E-state index contributed by atoms with van der Waals surface area (Å²) in [6, 6.07) is -12.4. The number of halogens is 2. The third-order valence-corrected chi connectivity index (χ3v) is 27.3. The number of alkyl halides is 2. The van der Waals surface area contributed by atoms with E-state index in [2.05, 4.69) is 31.9 Å². The highest BCUT2D eigenvalue weighted by Crippen LogP contribution is 2.41. The predicted molar refractivity (Wildman–Crippen MR) is 493 cm³/mol. The molecule has 0 aromatic rings. The first-order valence-corrected chi connectivity index (χ1v) is 48.5. The summed E-state index contributed by atoms with van der Waals surface area (Å²) in [5.41, 5.74) is 89.1. The minimum Gasteiger partial charge on any atom is -0.467 e. The van der Waals surface area contributed by atoms with Crippen molar-refractivity contribution >= 4 is 17.7 Å². The summed E-state index contributed by atoms with van der Waals surface area (Å²) >= 11 is 0. The highest BCUT2D eigenvalue weighted by molar-refractivity contribution is 5.82. The van der Waals surface area contributed by atoms with Crippen molar-refractivity contribution in [2.24, 2.45) is 86.0 Å². The Morgan fingerprint density at radius 1 is 0.361 bits per heavy atom.